The van der Waals surface area contributed by atoms with Crippen LogP contribution in [0.2, 0.25) is 0 Å². The van der Waals surface area contributed by atoms with Crippen LogP contribution in [0.15, 0.2) is 40.6 Å². The highest BCUT2D eigenvalue weighted by molar-refractivity contribution is 7.89. The van der Waals surface area contributed by atoms with E-state index < -0.39 is 15.9 Å². The van der Waals surface area contributed by atoms with Gasteiger partial charge in [0, 0.05) is 31.2 Å². The first kappa shape index (κ1) is 22.0. The fourth-order valence-corrected chi connectivity index (χ4v) is 7.02. The maximum Gasteiger partial charge on any atom is 0.263 e. The molecule has 1 saturated heterocycles. The van der Waals surface area contributed by atoms with Gasteiger partial charge in [-0.25, -0.2) is 8.42 Å². The van der Waals surface area contributed by atoms with E-state index in [1.165, 1.54) is 10.4 Å². The number of rotatable bonds is 7. The molecule has 1 saturated carbocycles. The first-order valence-electron chi connectivity index (χ1n) is 10.7. The molecule has 2 N–H and O–H groups in total. The van der Waals surface area contributed by atoms with Crippen molar-refractivity contribution in [1.82, 2.24) is 9.62 Å². The lowest BCUT2D eigenvalue weighted by atomic mass is 10.1. The molecule has 1 aromatic carbocycles. The van der Waals surface area contributed by atoms with Gasteiger partial charge in [-0.3, -0.25) is 9.59 Å². The first-order valence-corrected chi connectivity index (χ1v) is 13.0. The second-order valence-corrected chi connectivity index (χ2v) is 10.9. The molecule has 0 radical (unpaired) electrons. The Balaban J connectivity index is 1.39. The van der Waals surface area contributed by atoms with E-state index in [9.17, 15) is 18.0 Å². The summed E-state index contributed by atoms with van der Waals surface area (Å²) in [6, 6.07) is 8.87. The molecule has 0 atom stereocenters. The quantitative estimate of drug-likeness (QED) is 0.659. The van der Waals surface area contributed by atoms with Crippen molar-refractivity contribution in [3.8, 4) is 0 Å². The summed E-state index contributed by atoms with van der Waals surface area (Å²) in [5.41, 5.74) is 1.54. The molecule has 31 heavy (non-hydrogen) atoms. The number of hydrogen-bond donors (Lipinski definition) is 2. The first-order chi connectivity index (χ1) is 14.9. The monoisotopic (exact) mass is 461 g/mol. The molecule has 0 bridgehead atoms. The van der Waals surface area contributed by atoms with Crippen molar-refractivity contribution in [2.45, 2.75) is 50.0 Å². The smallest absolute Gasteiger partial charge is 0.263 e. The molecule has 2 aliphatic rings. The van der Waals surface area contributed by atoms with E-state index in [0.29, 0.717) is 18.8 Å². The highest BCUT2D eigenvalue weighted by Gasteiger charge is 2.31. The van der Waals surface area contributed by atoms with E-state index >= 15 is 0 Å². The fourth-order valence-electron chi connectivity index (χ4n) is 4.19. The predicted octanol–water partition coefficient (Wildman–Crippen LogP) is 3.59. The van der Waals surface area contributed by atoms with E-state index in [0.717, 1.165) is 55.4 Å². The van der Waals surface area contributed by atoms with Crippen LogP contribution < -0.4 is 10.6 Å². The van der Waals surface area contributed by atoms with Gasteiger partial charge in [0.2, 0.25) is 15.9 Å². The van der Waals surface area contributed by atoms with Gasteiger partial charge in [-0.15, -0.1) is 11.3 Å². The molecule has 1 aromatic heterocycles. The summed E-state index contributed by atoms with van der Waals surface area (Å²) in [5.74, 6) is -0.277. The van der Waals surface area contributed by atoms with Gasteiger partial charge in [-0.1, -0.05) is 25.0 Å². The normalized spacial score (nSPS) is 17.7. The molecule has 0 spiro atoms. The largest absolute Gasteiger partial charge is 0.347 e. The molecule has 2 fully saturated rings. The van der Waals surface area contributed by atoms with Crippen LogP contribution in [0.1, 0.15) is 53.8 Å². The average molecular weight is 462 g/mol. The Morgan fingerprint density at radius 3 is 2.55 bits per heavy atom. The van der Waals surface area contributed by atoms with E-state index in [1.54, 1.807) is 5.38 Å². The zero-order valence-corrected chi connectivity index (χ0v) is 18.9. The maximum absolute atomic E-state index is 12.9. The molecule has 2 amide bonds. The predicted molar refractivity (Wildman–Crippen MR) is 121 cm³/mol. The van der Waals surface area contributed by atoms with Gasteiger partial charge < -0.3 is 10.6 Å². The summed E-state index contributed by atoms with van der Waals surface area (Å²) in [5, 5.41) is 7.42. The third-order valence-corrected chi connectivity index (χ3v) is 8.88. The Hall–Kier alpha value is -2.23. The van der Waals surface area contributed by atoms with Gasteiger partial charge in [0.1, 0.15) is 9.77 Å². The highest BCUT2D eigenvalue weighted by atomic mass is 32.2. The molecule has 2 aromatic rings. The number of sulfonamides is 1. The minimum Gasteiger partial charge on any atom is -0.347 e. The number of hydrogen-bond acceptors (Lipinski definition) is 5. The van der Waals surface area contributed by atoms with Crippen molar-refractivity contribution in [2.24, 2.45) is 5.92 Å². The van der Waals surface area contributed by atoms with Gasteiger partial charge in [0.25, 0.3) is 5.91 Å². The molecular formula is C22H27N3O4S2. The maximum atomic E-state index is 12.9. The van der Waals surface area contributed by atoms with E-state index in [2.05, 4.69) is 10.6 Å². The molecule has 4 rings (SSSR count). The number of carbonyl (C=O) groups excluding carboxylic acids is 2. The zero-order valence-electron chi connectivity index (χ0n) is 17.3. The number of carbonyl (C=O) groups is 2. The molecule has 0 unspecified atom stereocenters. The Bertz CT molecular complexity index is 1050. The Labute approximate surface area is 186 Å². The van der Waals surface area contributed by atoms with Gasteiger partial charge in [-0.2, -0.15) is 4.31 Å². The van der Waals surface area contributed by atoms with Gasteiger partial charge in [0.05, 0.1) is 0 Å². The van der Waals surface area contributed by atoms with Crippen molar-refractivity contribution >= 4 is 38.9 Å². The number of nitrogens with zero attached hydrogens (tertiary/aromatic N) is 1. The molecule has 9 heteroatoms. The van der Waals surface area contributed by atoms with E-state index in [4.69, 9.17) is 0 Å². The van der Waals surface area contributed by atoms with E-state index in [-0.39, 0.29) is 28.1 Å². The Morgan fingerprint density at radius 2 is 1.81 bits per heavy atom. The fraction of sp³-hybridized carbons (Fsp3) is 0.455. The number of thiophene rings is 1. The topological polar surface area (TPSA) is 95.6 Å². The number of anilines is 1. The molecular weight excluding hydrogens is 434 g/mol. The SMILES string of the molecule is O=C(NCc1cccc(NC(=O)C2CCCC2)c1)c1sccc1S(=O)(=O)N1CCCC1. The van der Waals surface area contributed by atoms with Crippen LogP contribution in [0.5, 0.6) is 0 Å². The van der Waals surface area contributed by atoms with Gasteiger partial charge in [-0.05, 0) is 54.8 Å². The summed E-state index contributed by atoms with van der Waals surface area (Å²) >= 11 is 1.13. The number of benzene rings is 1. The Kier molecular flexibility index (Phi) is 6.74. The van der Waals surface area contributed by atoms with Crippen molar-refractivity contribution in [2.75, 3.05) is 18.4 Å². The number of nitrogens with one attached hydrogen (secondary N) is 2. The summed E-state index contributed by atoms with van der Waals surface area (Å²) in [4.78, 5) is 25.4. The second-order valence-electron chi connectivity index (χ2n) is 8.08. The molecule has 2 heterocycles. The molecule has 166 valence electrons. The van der Waals surface area contributed by atoms with E-state index in [1.807, 2.05) is 24.3 Å². The highest BCUT2D eigenvalue weighted by Crippen LogP contribution is 2.28. The zero-order chi connectivity index (χ0) is 21.8. The van der Waals surface area contributed by atoms with Crippen molar-refractivity contribution < 1.29 is 18.0 Å². The van der Waals surface area contributed by atoms with Gasteiger partial charge >= 0.3 is 0 Å². The van der Waals surface area contributed by atoms with Crippen molar-refractivity contribution in [1.29, 1.82) is 0 Å². The third-order valence-electron chi connectivity index (χ3n) is 5.89. The van der Waals surface area contributed by atoms with Crippen molar-refractivity contribution in [3.05, 3.63) is 46.2 Å². The van der Waals surface area contributed by atoms with Crippen LogP contribution in [0.25, 0.3) is 0 Å². The summed E-state index contributed by atoms with van der Waals surface area (Å²) in [7, 11) is -3.65. The standard InChI is InChI=1S/C22H27N3O4S2/c26-21(17-7-1-2-8-17)24-18-9-5-6-16(14-18)15-23-22(27)20-19(10-13-30-20)31(28,29)25-11-3-4-12-25/h5-6,9-10,13-14,17H,1-4,7-8,11-12,15H2,(H,23,27)(H,24,26). The van der Waals surface area contributed by atoms with Crippen LogP contribution in [0.3, 0.4) is 0 Å². The number of amides is 2. The van der Waals surface area contributed by atoms with Crippen LogP contribution in [-0.4, -0.2) is 37.6 Å². The molecule has 7 nitrogen and oxygen atoms in total. The van der Waals surface area contributed by atoms with Crippen molar-refractivity contribution in [3.63, 3.8) is 0 Å². The lowest BCUT2D eigenvalue weighted by Gasteiger charge is -2.15. The minimum absolute atomic E-state index is 0.0500. The lowest BCUT2D eigenvalue weighted by molar-refractivity contribution is -0.119. The average Bonchev–Trinajstić information content (AvgIpc) is 3.53. The lowest BCUT2D eigenvalue weighted by Crippen LogP contribution is -2.30. The van der Waals surface area contributed by atoms with Gasteiger partial charge in [0.15, 0.2) is 0 Å². The summed E-state index contributed by atoms with van der Waals surface area (Å²) in [6.45, 7) is 1.24. The summed E-state index contributed by atoms with van der Waals surface area (Å²) in [6.07, 6.45) is 5.76. The van der Waals surface area contributed by atoms with Crippen LogP contribution in [0.4, 0.5) is 5.69 Å². The van der Waals surface area contributed by atoms with Crippen LogP contribution in [0, 0.1) is 5.92 Å². The van der Waals surface area contributed by atoms with Crippen LogP contribution >= 0.6 is 11.3 Å². The summed E-state index contributed by atoms with van der Waals surface area (Å²) < 4.78 is 27.2. The minimum atomic E-state index is -3.65. The van der Waals surface area contributed by atoms with Crippen LogP contribution in [-0.2, 0) is 21.4 Å². The molecule has 1 aliphatic carbocycles. The molecule has 1 aliphatic heterocycles. The Morgan fingerprint density at radius 1 is 1.06 bits per heavy atom. The third kappa shape index (κ3) is 4.99. The second kappa shape index (κ2) is 9.50.